The van der Waals surface area contributed by atoms with E-state index >= 15 is 0 Å². The van der Waals surface area contributed by atoms with Gasteiger partial charge in [-0.25, -0.2) is 8.78 Å². The number of Topliss-reactive ketones (excluding diaryl/α,β-unsaturated/α-hetero) is 1. The van der Waals surface area contributed by atoms with Gasteiger partial charge in [0, 0.05) is 24.3 Å². The molecule has 1 aromatic carbocycles. The van der Waals surface area contributed by atoms with Crippen LogP contribution in [0.2, 0.25) is 0 Å². The van der Waals surface area contributed by atoms with E-state index in [1.807, 2.05) is 0 Å². The number of rotatable bonds is 3. The van der Waals surface area contributed by atoms with E-state index < -0.39 is 11.8 Å². The highest BCUT2D eigenvalue weighted by atomic mass is 19.3. The number of carbonyl (C=O) groups is 1. The summed E-state index contributed by atoms with van der Waals surface area (Å²) in [6.07, 6.45) is 2.93. The van der Waals surface area contributed by atoms with E-state index in [0.29, 0.717) is 24.5 Å². The first-order chi connectivity index (χ1) is 8.91. The zero-order valence-corrected chi connectivity index (χ0v) is 11.5. The van der Waals surface area contributed by atoms with Gasteiger partial charge >= 0.3 is 0 Å². The summed E-state index contributed by atoms with van der Waals surface area (Å²) in [5.41, 5.74) is 1.16. The molecular formula is C16H20F2O. The summed E-state index contributed by atoms with van der Waals surface area (Å²) >= 11 is 0. The fourth-order valence-corrected chi connectivity index (χ4v) is 2.58. The van der Waals surface area contributed by atoms with Crippen LogP contribution in [0.1, 0.15) is 56.6 Å². The average molecular weight is 266 g/mol. The summed E-state index contributed by atoms with van der Waals surface area (Å²) in [6, 6.07) is 6.66. The monoisotopic (exact) mass is 266 g/mol. The number of alkyl halides is 2. The highest BCUT2D eigenvalue weighted by molar-refractivity contribution is 5.79. The Kier molecular flexibility index (Phi) is 4.02. The van der Waals surface area contributed by atoms with Gasteiger partial charge in [-0.15, -0.1) is 0 Å². The maximum Gasteiger partial charge on any atom is 0.275 e. The third-order valence-electron chi connectivity index (χ3n) is 4.04. The molecule has 0 bridgehead atoms. The molecule has 104 valence electrons. The van der Waals surface area contributed by atoms with Gasteiger partial charge in [0.1, 0.15) is 5.78 Å². The highest BCUT2D eigenvalue weighted by Gasteiger charge is 2.35. The normalized spacial score (nSPS) is 18.1. The van der Waals surface area contributed by atoms with Crippen molar-refractivity contribution >= 4 is 5.78 Å². The molecule has 0 aliphatic heterocycles. The molecule has 1 fully saturated rings. The summed E-state index contributed by atoms with van der Waals surface area (Å²) in [5.74, 6) is -2.81. The lowest BCUT2D eigenvalue weighted by Crippen LogP contribution is -2.21. The Morgan fingerprint density at radius 2 is 1.63 bits per heavy atom. The fourth-order valence-electron chi connectivity index (χ4n) is 2.58. The molecule has 0 aromatic heterocycles. The molecular weight excluding hydrogens is 246 g/mol. The van der Waals surface area contributed by atoms with Crippen LogP contribution >= 0.6 is 0 Å². The minimum atomic E-state index is -2.78. The van der Waals surface area contributed by atoms with E-state index in [2.05, 4.69) is 0 Å². The predicted octanol–water partition coefficient (Wildman–Crippen LogP) is 4.66. The molecule has 19 heavy (non-hydrogen) atoms. The van der Waals surface area contributed by atoms with Crippen molar-refractivity contribution in [3.63, 3.8) is 0 Å². The van der Waals surface area contributed by atoms with E-state index in [9.17, 15) is 13.6 Å². The van der Waals surface area contributed by atoms with Gasteiger partial charge in [0.25, 0.3) is 5.92 Å². The fraction of sp³-hybridized carbons (Fsp3) is 0.562. The first-order valence-electron chi connectivity index (χ1n) is 6.91. The molecule has 0 radical (unpaired) electrons. The van der Waals surface area contributed by atoms with Crippen LogP contribution in [0.4, 0.5) is 8.78 Å². The van der Waals surface area contributed by atoms with Crippen LogP contribution in [0.25, 0.3) is 0 Å². The SMILES string of the molecule is CC(C)C(F)(F)c1ccc(C2CCC(=O)CC2)cc1. The number of halogens is 2. The first kappa shape index (κ1) is 14.2. The maximum atomic E-state index is 13.9. The molecule has 1 saturated carbocycles. The maximum absolute atomic E-state index is 13.9. The van der Waals surface area contributed by atoms with Crippen LogP contribution in [0.3, 0.4) is 0 Å². The van der Waals surface area contributed by atoms with Gasteiger partial charge in [0.05, 0.1) is 0 Å². The van der Waals surface area contributed by atoms with Crippen molar-refractivity contribution in [2.24, 2.45) is 5.92 Å². The minimum absolute atomic E-state index is 0.0816. The molecule has 0 amide bonds. The van der Waals surface area contributed by atoms with Gasteiger partial charge < -0.3 is 0 Å². The van der Waals surface area contributed by atoms with E-state index in [1.165, 1.54) is 26.0 Å². The van der Waals surface area contributed by atoms with Gasteiger partial charge in [0.2, 0.25) is 0 Å². The van der Waals surface area contributed by atoms with Gasteiger partial charge in [0.15, 0.2) is 0 Å². The largest absolute Gasteiger partial charge is 0.300 e. The second-order valence-corrected chi connectivity index (χ2v) is 5.71. The molecule has 1 aromatic rings. The van der Waals surface area contributed by atoms with Gasteiger partial charge in [-0.05, 0) is 24.3 Å². The molecule has 0 atom stereocenters. The Labute approximate surface area is 113 Å². The first-order valence-corrected chi connectivity index (χ1v) is 6.91. The molecule has 1 nitrogen and oxygen atoms in total. The van der Waals surface area contributed by atoms with Crippen molar-refractivity contribution in [3.8, 4) is 0 Å². The van der Waals surface area contributed by atoms with Crippen LogP contribution in [-0.2, 0) is 10.7 Å². The molecule has 0 spiro atoms. The standard InChI is InChI=1S/C16H20F2O/c1-11(2)16(17,18)14-7-3-12(4-8-14)13-5-9-15(19)10-6-13/h3-4,7-8,11,13H,5-6,9-10H2,1-2H3. The Balaban J connectivity index is 2.12. The van der Waals surface area contributed by atoms with Crippen molar-refractivity contribution in [1.29, 1.82) is 0 Å². The number of ketones is 1. The van der Waals surface area contributed by atoms with E-state index in [0.717, 1.165) is 18.4 Å². The van der Waals surface area contributed by atoms with Crippen molar-refractivity contribution in [2.45, 2.75) is 51.4 Å². The van der Waals surface area contributed by atoms with Crippen molar-refractivity contribution in [3.05, 3.63) is 35.4 Å². The third kappa shape index (κ3) is 3.02. The van der Waals surface area contributed by atoms with Crippen LogP contribution in [-0.4, -0.2) is 5.78 Å². The number of carbonyl (C=O) groups excluding carboxylic acids is 1. The Morgan fingerprint density at radius 3 is 2.11 bits per heavy atom. The molecule has 1 aliphatic rings. The zero-order chi connectivity index (χ0) is 14.0. The summed E-state index contributed by atoms with van der Waals surface area (Å²) in [5, 5.41) is 0. The number of hydrogen-bond acceptors (Lipinski definition) is 1. The highest BCUT2D eigenvalue weighted by Crippen LogP contribution is 2.37. The summed E-state index contributed by atoms with van der Waals surface area (Å²) in [6.45, 7) is 3.06. The van der Waals surface area contributed by atoms with Crippen LogP contribution < -0.4 is 0 Å². The lowest BCUT2D eigenvalue weighted by atomic mass is 9.83. The van der Waals surface area contributed by atoms with Crippen LogP contribution in [0, 0.1) is 5.92 Å². The van der Waals surface area contributed by atoms with Crippen LogP contribution in [0.15, 0.2) is 24.3 Å². The number of benzene rings is 1. The molecule has 2 rings (SSSR count). The van der Waals surface area contributed by atoms with Crippen molar-refractivity contribution < 1.29 is 13.6 Å². The lowest BCUT2D eigenvalue weighted by Gasteiger charge is -2.24. The summed E-state index contributed by atoms with van der Waals surface area (Å²) in [4.78, 5) is 11.2. The quantitative estimate of drug-likeness (QED) is 0.777. The van der Waals surface area contributed by atoms with Gasteiger partial charge in [-0.2, -0.15) is 0 Å². The Morgan fingerprint density at radius 1 is 1.11 bits per heavy atom. The van der Waals surface area contributed by atoms with E-state index in [1.54, 1.807) is 12.1 Å². The lowest BCUT2D eigenvalue weighted by molar-refractivity contribution is -0.120. The summed E-state index contributed by atoms with van der Waals surface area (Å²) < 4.78 is 27.7. The van der Waals surface area contributed by atoms with Crippen molar-refractivity contribution in [1.82, 2.24) is 0 Å². The van der Waals surface area contributed by atoms with E-state index in [-0.39, 0.29) is 5.56 Å². The second kappa shape index (κ2) is 5.40. The minimum Gasteiger partial charge on any atom is -0.300 e. The second-order valence-electron chi connectivity index (χ2n) is 5.71. The molecule has 1 aliphatic carbocycles. The van der Waals surface area contributed by atoms with Gasteiger partial charge in [-0.1, -0.05) is 38.1 Å². The number of hydrogen-bond donors (Lipinski definition) is 0. The molecule has 0 unspecified atom stereocenters. The van der Waals surface area contributed by atoms with Gasteiger partial charge in [-0.3, -0.25) is 4.79 Å². The smallest absolute Gasteiger partial charge is 0.275 e. The zero-order valence-electron chi connectivity index (χ0n) is 11.5. The average Bonchev–Trinajstić information content (AvgIpc) is 2.39. The molecule has 3 heteroatoms. The predicted molar refractivity (Wildman–Crippen MR) is 71.4 cm³/mol. The topological polar surface area (TPSA) is 17.1 Å². The van der Waals surface area contributed by atoms with Crippen molar-refractivity contribution in [2.75, 3.05) is 0 Å². The third-order valence-corrected chi connectivity index (χ3v) is 4.04. The Bertz CT molecular complexity index is 438. The van der Waals surface area contributed by atoms with E-state index in [4.69, 9.17) is 0 Å². The van der Waals surface area contributed by atoms with Crippen LogP contribution in [0.5, 0.6) is 0 Å². The molecule has 0 heterocycles. The summed E-state index contributed by atoms with van der Waals surface area (Å²) in [7, 11) is 0. The molecule has 0 saturated heterocycles. The molecule has 0 N–H and O–H groups in total. The Hall–Kier alpha value is -1.25.